The molecule has 3 rings (SSSR count). The highest BCUT2D eigenvalue weighted by atomic mass is 16.5. The number of methoxy groups -OCH3 is 1. The molecule has 1 aromatic carbocycles. The van der Waals surface area contributed by atoms with Gasteiger partial charge in [0.05, 0.1) is 26.5 Å². The Hall–Kier alpha value is -3.29. The minimum absolute atomic E-state index is 0.116. The van der Waals surface area contributed by atoms with Gasteiger partial charge in [0, 0.05) is 18.4 Å². The van der Waals surface area contributed by atoms with Crippen LogP contribution in [0, 0.1) is 0 Å². The van der Waals surface area contributed by atoms with Crippen LogP contribution in [0.25, 0.3) is 11.4 Å². The molecule has 0 saturated carbocycles. The van der Waals surface area contributed by atoms with Gasteiger partial charge in [0.25, 0.3) is 0 Å². The van der Waals surface area contributed by atoms with Crippen LogP contribution in [0.1, 0.15) is 25.0 Å². The highest BCUT2D eigenvalue weighted by Crippen LogP contribution is 2.31. The normalized spacial score (nSPS) is 10.6. The van der Waals surface area contributed by atoms with Crippen LogP contribution >= 0.6 is 0 Å². The van der Waals surface area contributed by atoms with E-state index in [4.69, 9.17) is 18.4 Å². The van der Waals surface area contributed by atoms with E-state index < -0.39 is 0 Å². The van der Waals surface area contributed by atoms with E-state index in [2.05, 4.69) is 15.5 Å². The molecule has 0 fully saturated rings. The Labute approximate surface area is 156 Å². The third kappa shape index (κ3) is 4.87. The van der Waals surface area contributed by atoms with E-state index in [0.717, 1.165) is 5.56 Å². The SMILES string of the molecule is CCOc1cc(-c2noc(CCC(=O)NCc3ccco3)n2)ccc1OC. The van der Waals surface area contributed by atoms with Crippen molar-refractivity contribution in [1.82, 2.24) is 15.5 Å². The van der Waals surface area contributed by atoms with E-state index in [9.17, 15) is 4.79 Å². The Bertz CT molecular complexity index is 873. The lowest BCUT2D eigenvalue weighted by molar-refractivity contribution is -0.121. The van der Waals surface area contributed by atoms with Gasteiger partial charge < -0.3 is 23.7 Å². The van der Waals surface area contributed by atoms with Crippen LogP contribution in [0.4, 0.5) is 0 Å². The smallest absolute Gasteiger partial charge is 0.227 e. The van der Waals surface area contributed by atoms with Gasteiger partial charge in [-0.2, -0.15) is 4.98 Å². The van der Waals surface area contributed by atoms with Crippen molar-refractivity contribution >= 4 is 5.91 Å². The molecule has 142 valence electrons. The summed E-state index contributed by atoms with van der Waals surface area (Å²) in [7, 11) is 1.58. The van der Waals surface area contributed by atoms with E-state index in [0.29, 0.717) is 48.5 Å². The summed E-state index contributed by atoms with van der Waals surface area (Å²) in [5.41, 5.74) is 0.747. The Kier molecular flexibility index (Phi) is 6.09. The largest absolute Gasteiger partial charge is 0.493 e. The predicted octanol–water partition coefficient (Wildman–Crippen LogP) is 2.99. The van der Waals surface area contributed by atoms with Crippen molar-refractivity contribution in [2.45, 2.75) is 26.3 Å². The molecule has 3 aromatic rings. The van der Waals surface area contributed by atoms with Crippen molar-refractivity contribution in [1.29, 1.82) is 0 Å². The van der Waals surface area contributed by atoms with Crippen molar-refractivity contribution in [2.75, 3.05) is 13.7 Å². The molecule has 2 aromatic heterocycles. The molecule has 8 nitrogen and oxygen atoms in total. The van der Waals surface area contributed by atoms with Crippen LogP contribution in [0.15, 0.2) is 45.5 Å². The van der Waals surface area contributed by atoms with Crippen LogP contribution < -0.4 is 14.8 Å². The molecule has 0 saturated heterocycles. The molecule has 0 aliphatic carbocycles. The van der Waals surface area contributed by atoms with Crippen molar-refractivity contribution in [2.24, 2.45) is 0 Å². The number of hydrogen-bond donors (Lipinski definition) is 1. The number of benzene rings is 1. The summed E-state index contributed by atoms with van der Waals surface area (Å²) in [6.07, 6.45) is 2.16. The molecule has 0 spiro atoms. The molecule has 1 N–H and O–H groups in total. The van der Waals surface area contributed by atoms with E-state index >= 15 is 0 Å². The number of furan rings is 1. The minimum atomic E-state index is -0.116. The number of aromatic nitrogens is 2. The summed E-state index contributed by atoms with van der Waals surface area (Å²) < 4.78 is 21.2. The van der Waals surface area contributed by atoms with E-state index in [1.54, 1.807) is 37.6 Å². The first-order valence-corrected chi connectivity index (χ1v) is 8.62. The number of nitrogens with one attached hydrogen (secondary N) is 1. The van der Waals surface area contributed by atoms with E-state index in [1.807, 2.05) is 13.0 Å². The van der Waals surface area contributed by atoms with E-state index in [1.165, 1.54) is 0 Å². The Morgan fingerprint density at radius 3 is 2.89 bits per heavy atom. The van der Waals surface area contributed by atoms with Gasteiger partial charge in [-0.3, -0.25) is 4.79 Å². The van der Waals surface area contributed by atoms with Gasteiger partial charge in [-0.05, 0) is 37.3 Å². The highest BCUT2D eigenvalue weighted by Gasteiger charge is 2.13. The molecule has 1 amide bonds. The lowest BCUT2D eigenvalue weighted by Crippen LogP contribution is -2.22. The molecule has 0 atom stereocenters. The maximum absolute atomic E-state index is 11.9. The van der Waals surface area contributed by atoms with Gasteiger partial charge in [-0.25, -0.2) is 0 Å². The quantitative estimate of drug-likeness (QED) is 0.617. The Balaban J connectivity index is 1.58. The zero-order chi connectivity index (χ0) is 19.1. The second-order valence-electron chi connectivity index (χ2n) is 5.67. The average Bonchev–Trinajstić information content (AvgIpc) is 3.37. The first-order chi connectivity index (χ1) is 13.2. The monoisotopic (exact) mass is 371 g/mol. The third-order valence-corrected chi connectivity index (χ3v) is 3.80. The second-order valence-corrected chi connectivity index (χ2v) is 5.67. The number of ether oxygens (including phenoxy) is 2. The molecule has 0 bridgehead atoms. The van der Waals surface area contributed by atoms with Crippen molar-refractivity contribution in [3.05, 3.63) is 48.2 Å². The number of aryl methyl sites for hydroxylation is 1. The average molecular weight is 371 g/mol. The molecule has 0 aliphatic heterocycles. The number of nitrogens with zero attached hydrogens (tertiary/aromatic N) is 2. The summed E-state index contributed by atoms with van der Waals surface area (Å²) >= 11 is 0. The van der Waals surface area contributed by atoms with Gasteiger partial charge in [-0.15, -0.1) is 0 Å². The first kappa shape index (κ1) is 18.5. The minimum Gasteiger partial charge on any atom is -0.493 e. The van der Waals surface area contributed by atoms with Gasteiger partial charge in [-0.1, -0.05) is 5.16 Å². The van der Waals surface area contributed by atoms with Crippen molar-refractivity contribution in [3.63, 3.8) is 0 Å². The maximum atomic E-state index is 11.9. The number of amides is 1. The number of hydrogen-bond acceptors (Lipinski definition) is 7. The van der Waals surface area contributed by atoms with Crippen LogP contribution in [-0.2, 0) is 17.8 Å². The number of carbonyl (C=O) groups excluding carboxylic acids is 1. The fraction of sp³-hybridized carbons (Fsp3) is 0.316. The van der Waals surface area contributed by atoms with Gasteiger partial charge in [0.15, 0.2) is 11.5 Å². The summed E-state index contributed by atoms with van der Waals surface area (Å²) in [6.45, 7) is 2.77. The molecule has 27 heavy (non-hydrogen) atoms. The second kappa shape index (κ2) is 8.88. The molecule has 0 radical (unpaired) electrons. The first-order valence-electron chi connectivity index (χ1n) is 8.62. The third-order valence-electron chi connectivity index (χ3n) is 3.80. The zero-order valence-corrected chi connectivity index (χ0v) is 15.2. The molecule has 0 aliphatic rings. The Morgan fingerprint density at radius 1 is 1.26 bits per heavy atom. The van der Waals surface area contributed by atoms with Crippen molar-refractivity contribution in [3.8, 4) is 22.9 Å². The molecule has 0 unspecified atom stereocenters. The topological polar surface area (TPSA) is 99.6 Å². The summed E-state index contributed by atoms with van der Waals surface area (Å²) in [6, 6.07) is 8.99. The van der Waals surface area contributed by atoms with Gasteiger partial charge in [0.2, 0.25) is 17.6 Å². The standard InChI is InChI=1S/C19H21N3O5/c1-3-25-16-11-13(6-7-15(16)24-2)19-21-18(27-22-19)9-8-17(23)20-12-14-5-4-10-26-14/h4-7,10-11H,3,8-9,12H2,1-2H3,(H,20,23). The predicted molar refractivity (Wildman–Crippen MR) is 96.3 cm³/mol. The van der Waals surface area contributed by atoms with Crippen LogP contribution in [0.3, 0.4) is 0 Å². The fourth-order valence-corrected chi connectivity index (χ4v) is 2.47. The summed E-state index contributed by atoms with van der Waals surface area (Å²) in [5, 5.41) is 6.75. The number of rotatable bonds is 9. The molecular weight excluding hydrogens is 350 g/mol. The van der Waals surface area contributed by atoms with E-state index in [-0.39, 0.29) is 12.3 Å². The fourth-order valence-electron chi connectivity index (χ4n) is 2.47. The lowest BCUT2D eigenvalue weighted by Gasteiger charge is -2.09. The summed E-state index contributed by atoms with van der Waals surface area (Å²) in [5.74, 6) is 2.66. The van der Waals surface area contributed by atoms with Crippen LogP contribution in [0.5, 0.6) is 11.5 Å². The van der Waals surface area contributed by atoms with Gasteiger partial charge >= 0.3 is 0 Å². The lowest BCUT2D eigenvalue weighted by atomic mass is 10.2. The van der Waals surface area contributed by atoms with Crippen molar-refractivity contribution < 1.29 is 23.2 Å². The zero-order valence-electron chi connectivity index (χ0n) is 15.2. The molecule has 2 heterocycles. The Morgan fingerprint density at radius 2 is 2.15 bits per heavy atom. The highest BCUT2D eigenvalue weighted by molar-refractivity contribution is 5.75. The molecule has 8 heteroatoms. The van der Waals surface area contributed by atoms with Crippen LogP contribution in [0.2, 0.25) is 0 Å². The maximum Gasteiger partial charge on any atom is 0.227 e. The molecular formula is C19H21N3O5. The summed E-state index contributed by atoms with van der Waals surface area (Å²) in [4.78, 5) is 16.2. The number of carbonyl (C=O) groups is 1. The van der Waals surface area contributed by atoms with Crippen LogP contribution in [-0.4, -0.2) is 29.8 Å². The van der Waals surface area contributed by atoms with Gasteiger partial charge in [0.1, 0.15) is 5.76 Å².